The lowest BCUT2D eigenvalue weighted by Gasteiger charge is -2.05. The summed E-state index contributed by atoms with van der Waals surface area (Å²) in [6, 6.07) is 16.0. The third-order valence-corrected chi connectivity index (χ3v) is 5.53. The van der Waals surface area contributed by atoms with Crippen molar-refractivity contribution in [2.24, 2.45) is 0 Å². The van der Waals surface area contributed by atoms with Crippen LogP contribution in [-0.4, -0.2) is 11.0 Å². The molecule has 0 unspecified atom stereocenters. The molecule has 0 aliphatic rings. The van der Waals surface area contributed by atoms with Crippen LogP contribution < -0.4 is 4.74 Å². The number of esters is 1. The first-order valence-corrected chi connectivity index (χ1v) is 10.5. The number of carbonyl (C=O) groups is 1. The van der Waals surface area contributed by atoms with E-state index in [9.17, 15) is 4.79 Å². The number of thiazole rings is 1. The molecule has 0 spiro atoms. The van der Waals surface area contributed by atoms with Crippen molar-refractivity contribution in [3.8, 4) is 27.4 Å². The van der Waals surface area contributed by atoms with Gasteiger partial charge in [0.1, 0.15) is 10.8 Å². The lowest BCUT2D eigenvalue weighted by atomic mass is 10.0. The number of hydrogen-bond donors (Lipinski definition) is 0. The van der Waals surface area contributed by atoms with E-state index in [0.29, 0.717) is 5.75 Å². The molecule has 0 aliphatic carbocycles. The minimum atomic E-state index is -0.364. The molecule has 0 atom stereocenters. The van der Waals surface area contributed by atoms with Gasteiger partial charge in [-0.15, -0.1) is 11.3 Å². The summed E-state index contributed by atoms with van der Waals surface area (Å²) in [5.74, 6) is 0.180. The standard InChI is InChI=1S/C24H25NO2S/c1-3-5-6-8-22-17-25-24(28-22)20-11-9-18(10-12-20)19-13-15-21(16-14-19)27-23(26)7-4-2/h4,7,9-17H,3,5-6,8H2,1-2H3. The smallest absolute Gasteiger partial charge is 0.335 e. The van der Waals surface area contributed by atoms with E-state index < -0.39 is 0 Å². The van der Waals surface area contributed by atoms with Gasteiger partial charge in [0.2, 0.25) is 0 Å². The SMILES string of the molecule is CC=CC(=O)Oc1ccc(-c2ccc(-c3ncc(CCCCC)s3)cc2)cc1. The first-order chi connectivity index (χ1) is 13.7. The average Bonchev–Trinajstić information content (AvgIpc) is 3.18. The zero-order chi connectivity index (χ0) is 19.8. The zero-order valence-electron chi connectivity index (χ0n) is 16.4. The van der Waals surface area contributed by atoms with Crippen LogP contribution in [0.3, 0.4) is 0 Å². The van der Waals surface area contributed by atoms with E-state index in [1.165, 1.54) is 30.2 Å². The van der Waals surface area contributed by atoms with Crippen LogP contribution >= 0.6 is 11.3 Å². The summed E-state index contributed by atoms with van der Waals surface area (Å²) >= 11 is 1.78. The quantitative estimate of drug-likeness (QED) is 0.186. The minimum absolute atomic E-state index is 0.364. The fourth-order valence-corrected chi connectivity index (χ4v) is 3.87. The minimum Gasteiger partial charge on any atom is -0.423 e. The fourth-order valence-electron chi connectivity index (χ4n) is 2.91. The average molecular weight is 392 g/mol. The third kappa shape index (κ3) is 5.40. The van der Waals surface area contributed by atoms with Gasteiger partial charge in [0, 0.05) is 22.7 Å². The Morgan fingerprint density at radius 3 is 2.29 bits per heavy atom. The lowest BCUT2D eigenvalue weighted by molar-refractivity contribution is -0.129. The van der Waals surface area contributed by atoms with Crippen molar-refractivity contribution in [3.63, 3.8) is 0 Å². The molecular weight excluding hydrogens is 366 g/mol. The van der Waals surface area contributed by atoms with E-state index in [-0.39, 0.29) is 5.97 Å². The Bertz CT molecular complexity index is 924. The molecule has 0 aliphatic heterocycles. The van der Waals surface area contributed by atoms with Crippen LogP contribution in [0.25, 0.3) is 21.7 Å². The van der Waals surface area contributed by atoms with Crippen LogP contribution in [0.5, 0.6) is 5.75 Å². The molecule has 0 radical (unpaired) electrons. The van der Waals surface area contributed by atoms with E-state index in [2.05, 4.69) is 36.2 Å². The van der Waals surface area contributed by atoms with Crippen LogP contribution in [0, 0.1) is 0 Å². The summed E-state index contributed by atoms with van der Waals surface area (Å²) in [5, 5.41) is 1.07. The molecule has 0 N–H and O–H groups in total. The number of rotatable bonds is 8. The number of unbranched alkanes of at least 4 members (excludes halogenated alkanes) is 2. The molecule has 1 aromatic heterocycles. The van der Waals surface area contributed by atoms with Crippen LogP contribution in [0.2, 0.25) is 0 Å². The van der Waals surface area contributed by atoms with Crippen molar-refractivity contribution in [3.05, 3.63) is 71.8 Å². The monoisotopic (exact) mass is 391 g/mol. The van der Waals surface area contributed by atoms with Gasteiger partial charge >= 0.3 is 5.97 Å². The predicted molar refractivity (Wildman–Crippen MR) is 117 cm³/mol. The van der Waals surface area contributed by atoms with E-state index in [1.54, 1.807) is 24.3 Å². The molecule has 1 heterocycles. The number of hydrogen-bond acceptors (Lipinski definition) is 4. The Hall–Kier alpha value is -2.72. The molecule has 144 valence electrons. The summed E-state index contributed by atoms with van der Waals surface area (Å²) in [7, 11) is 0. The van der Waals surface area contributed by atoms with Gasteiger partial charge in [0.25, 0.3) is 0 Å². The fraction of sp³-hybridized carbons (Fsp3) is 0.250. The topological polar surface area (TPSA) is 39.2 Å². The zero-order valence-corrected chi connectivity index (χ0v) is 17.2. The highest BCUT2D eigenvalue weighted by atomic mass is 32.1. The number of carbonyl (C=O) groups excluding carboxylic acids is 1. The van der Waals surface area contributed by atoms with Crippen LogP contribution in [0.15, 0.2) is 66.9 Å². The second kappa shape index (κ2) is 10.00. The maximum atomic E-state index is 11.5. The largest absolute Gasteiger partial charge is 0.423 e. The van der Waals surface area contributed by atoms with Gasteiger partial charge in [-0.05, 0) is 43.0 Å². The van der Waals surface area contributed by atoms with Gasteiger partial charge in [-0.1, -0.05) is 62.2 Å². The van der Waals surface area contributed by atoms with Crippen molar-refractivity contribution in [1.82, 2.24) is 4.98 Å². The van der Waals surface area contributed by atoms with Crippen molar-refractivity contribution < 1.29 is 9.53 Å². The molecule has 3 rings (SSSR count). The number of aryl methyl sites for hydroxylation is 1. The van der Waals surface area contributed by atoms with Crippen LogP contribution in [0.4, 0.5) is 0 Å². The van der Waals surface area contributed by atoms with E-state index in [1.807, 2.05) is 30.5 Å². The highest BCUT2D eigenvalue weighted by molar-refractivity contribution is 7.15. The van der Waals surface area contributed by atoms with Gasteiger partial charge in [0.05, 0.1) is 0 Å². The predicted octanol–water partition coefficient (Wildman–Crippen LogP) is 6.69. The highest BCUT2D eigenvalue weighted by Crippen LogP contribution is 2.29. The van der Waals surface area contributed by atoms with Gasteiger partial charge in [-0.2, -0.15) is 0 Å². The third-order valence-electron chi connectivity index (χ3n) is 4.42. The Balaban J connectivity index is 1.66. The summed E-state index contributed by atoms with van der Waals surface area (Å²) < 4.78 is 5.23. The number of aromatic nitrogens is 1. The maximum Gasteiger partial charge on any atom is 0.335 e. The normalized spacial score (nSPS) is 11.1. The Morgan fingerprint density at radius 1 is 1.00 bits per heavy atom. The van der Waals surface area contributed by atoms with E-state index in [0.717, 1.165) is 28.1 Å². The molecular formula is C24H25NO2S. The number of allylic oxidation sites excluding steroid dienone is 1. The van der Waals surface area contributed by atoms with Crippen LogP contribution in [0.1, 0.15) is 38.0 Å². The van der Waals surface area contributed by atoms with E-state index >= 15 is 0 Å². The van der Waals surface area contributed by atoms with E-state index in [4.69, 9.17) is 4.74 Å². The molecule has 0 bridgehead atoms. The molecule has 0 fully saturated rings. The lowest BCUT2D eigenvalue weighted by Crippen LogP contribution is -2.03. The molecule has 2 aromatic carbocycles. The highest BCUT2D eigenvalue weighted by Gasteiger charge is 2.06. The summed E-state index contributed by atoms with van der Waals surface area (Å²) in [4.78, 5) is 17.4. The number of nitrogens with zero attached hydrogens (tertiary/aromatic N) is 1. The second-order valence-electron chi connectivity index (χ2n) is 6.61. The summed E-state index contributed by atoms with van der Waals surface area (Å²) in [5.41, 5.74) is 3.35. The molecule has 3 aromatic rings. The van der Waals surface area contributed by atoms with Gasteiger partial charge in [-0.3, -0.25) is 0 Å². The Labute approximate surface area is 170 Å². The molecule has 0 amide bonds. The first-order valence-electron chi connectivity index (χ1n) is 9.69. The van der Waals surface area contributed by atoms with Crippen molar-refractivity contribution in [1.29, 1.82) is 0 Å². The molecule has 0 saturated carbocycles. The molecule has 0 saturated heterocycles. The molecule has 4 heteroatoms. The summed E-state index contributed by atoms with van der Waals surface area (Å²) in [6.07, 6.45) is 9.94. The first kappa shape index (κ1) is 20.0. The molecule has 28 heavy (non-hydrogen) atoms. The maximum absolute atomic E-state index is 11.5. The number of benzene rings is 2. The number of ether oxygens (including phenoxy) is 1. The van der Waals surface area contributed by atoms with Crippen molar-refractivity contribution in [2.75, 3.05) is 0 Å². The van der Waals surface area contributed by atoms with Crippen molar-refractivity contribution in [2.45, 2.75) is 39.5 Å². The Kier molecular flexibility index (Phi) is 7.15. The Morgan fingerprint density at radius 2 is 1.64 bits per heavy atom. The van der Waals surface area contributed by atoms with Crippen molar-refractivity contribution >= 4 is 17.3 Å². The van der Waals surface area contributed by atoms with Gasteiger partial charge in [-0.25, -0.2) is 9.78 Å². The van der Waals surface area contributed by atoms with Gasteiger partial charge < -0.3 is 4.74 Å². The van der Waals surface area contributed by atoms with Gasteiger partial charge in [0.15, 0.2) is 0 Å². The second-order valence-corrected chi connectivity index (χ2v) is 7.73. The summed E-state index contributed by atoms with van der Waals surface area (Å²) in [6.45, 7) is 4.01. The van der Waals surface area contributed by atoms with Crippen LogP contribution in [-0.2, 0) is 11.2 Å². The molecule has 3 nitrogen and oxygen atoms in total.